The average Bonchev–Trinajstić information content (AvgIpc) is 2.90. The number of aliphatic hydroxyl groups is 2. The van der Waals surface area contributed by atoms with Gasteiger partial charge in [0.25, 0.3) is 0 Å². The van der Waals surface area contributed by atoms with Crippen LogP contribution in [0, 0.1) is 34.5 Å². The van der Waals surface area contributed by atoms with Crippen LogP contribution in [0.4, 0.5) is 0 Å². The van der Waals surface area contributed by atoms with Gasteiger partial charge in [-0.3, -0.25) is 0 Å². The fourth-order valence-corrected chi connectivity index (χ4v) is 7.61. The summed E-state index contributed by atoms with van der Waals surface area (Å²) in [7, 11) is 0. The van der Waals surface area contributed by atoms with E-state index in [1.54, 1.807) is 5.57 Å². The smallest absolute Gasteiger partial charge is 0.0836 e. The average molecular weight is 334 g/mol. The molecule has 3 heteroatoms. The summed E-state index contributed by atoms with van der Waals surface area (Å²) in [4.78, 5) is 0. The molecule has 4 aliphatic rings. The lowest BCUT2D eigenvalue weighted by molar-refractivity contribution is -0.210. The van der Waals surface area contributed by atoms with E-state index in [0.717, 1.165) is 19.3 Å². The molecule has 0 amide bonds. The van der Waals surface area contributed by atoms with E-state index in [1.807, 2.05) is 0 Å². The second kappa shape index (κ2) is 5.56. The topological polar surface area (TPSA) is 66.5 Å². The van der Waals surface area contributed by atoms with Gasteiger partial charge >= 0.3 is 0 Å². The van der Waals surface area contributed by atoms with Crippen molar-refractivity contribution < 1.29 is 10.2 Å². The molecule has 136 valence electrons. The number of allylic oxidation sites excluding steroid dienone is 2. The van der Waals surface area contributed by atoms with Gasteiger partial charge in [0, 0.05) is 6.04 Å². The van der Waals surface area contributed by atoms with Crippen molar-refractivity contribution in [2.24, 2.45) is 40.2 Å². The first kappa shape index (κ1) is 17.1. The third kappa shape index (κ3) is 2.07. The van der Waals surface area contributed by atoms with Crippen LogP contribution in [0.1, 0.15) is 65.7 Å². The molecule has 0 saturated heterocycles. The number of nitrogens with two attached hydrogens (primary N) is 1. The second-order valence-electron chi connectivity index (χ2n) is 9.73. The van der Waals surface area contributed by atoms with Gasteiger partial charge in [-0.25, -0.2) is 0 Å². The molecule has 4 rings (SSSR count). The van der Waals surface area contributed by atoms with Crippen molar-refractivity contribution in [2.45, 2.75) is 84.0 Å². The minimum Gasteiger partial charge on any atom is -0.390 e. The van der Waals surface area contributed by atoms with E-state index in [4.69, 9.17) is 5.73 Å². The fourth-order valence-electron chi connectivity index (χ4n) is 7.61. The Morgan fingerprint density at radius 3 is 2.46 bits per heavy atom. The van der Waals surface area contributed by atoms with Crippen LogP contribution < -0.4 is 5.73 Å². The molecule has 0 aliphatic heterocycles. The summed E-state index contributed by atoms with van der Waals surface area (Å²) in [6.45, 7) is 6.98. The third-order valence-electron chi connectivity index (χ3n) is 8.99. The summed E-state index contributed by atoms with van der Waals surface area (Å²) in [5.41, 5.74) is 8.20. The van der Waals surface area contributed by atoms with Gasteiger partial charge in [-0.15, -0.1) is 0 Å². The zero-order chi connectivity index (χ0) is 17.3. The van der Waals surface area contributed by atoms with Crippen molar-refractivity contribution in [3.63, 3.8) is 0 Å². The molecule has 0 aromatic heterocycles. The number of hydrogen-bond donors (Lipinski definition) is 3. The van der Waals surface area contributed by atoms with Crippen LogP contribution in [0.3, 0.4) is 0 Å². The summed E-state index contributed by atoms with van der Waals surface area (Å²) in [5, 5.41) is 22.1. The predicted octanol–water partition coefficient (Wildman–Crippen LogP) is 3.24. The second-order valence-corrected chi connectivity index (χ2v) is 9.73. The van der Waals surface area contributed by atoms with E-state index in [0.29, 0.717) is 11.8 Å². The van der Waals surface area contributed by atoms with E-state index in [9.17, 15) is 10.2 Å². The van der Waals surface area contributed by atoms with E-state index in [-0.39, 0.29) is 28.7 Å². The molecule has 4 unspecified atom stereocenters. The van der Waals surface area contributed by atoms with Crippen molar-refractivity contribution in [1.82, 2.24) is 0 Å². The van der Waals surface area contributed by atoms with E-state index in [2.05, 4.69) is 26.8 Å². The van der Waals surface area contributed by atoms with Gasteiger partial charge in [-0.1, -0.05) is 25.5 Å². The molecule has 0 radical (unpaired) electrons. The Kier molecular flexibility index (Phi) is 3.95. The largest absolute Gasteiger partial charge is 0.390 e. The molecule has 0 bridgehead atoms. The van der Waals surface area contributed by atoms with Crippen LogP contribution in [-0.4, -0.2) is 28.5 Å². The van der Waals surface area contributed by atoms with Crippen molar-refractivity contribution in [3.05, 3.63) is 11.6 Å². The minimum absolute atomic E-state index is 0.152. The highest BCUT2D eigenvalue weighted by Crippen LogP contribution is 2.67. The van der Waals surface area contributed by atoms with E-state index < -0.39 is 12.2 Å². The van der Waals surface area contributed by atoms with E-state index in [1.165, 1.54) is 25.7 Å². The highest BCUT2D eigenvalue weighted by molar-refractivity contribution is 5.25. The van der Waals surface area contributed by atoms with Gasteiger partial charge in [0.2, 0.25) is 0 Å². The summed E-state index contributed by atoms with van der Waals surface area (Å²) in [6.07, 6.45) is 9.01. The third-order valence-corrected chi connectivity index (χ3v) is 8.99. The van der Waals surface area contributed by atoms with Crippen LogP contribution in [0.2, 0.25) is 0 Å². The molecular weight excluding hydrogens is 298 g/mol. The zero-order valence-corrected chi connectivity index (χ0v) is 15.5. The number of rotatable bonds is 0. The molecule has 4 saturated carbocycles. The Hall–Kier alpha value is -0.380. The number of hydrogen-bond acceptors (Lipinski definition) is 3. The number of fused-ring (bicyclic) bond motifs is 5. The van der Waals surface area contributed by atoms with Gasteiger partial charge in [-0.2, -0.15) is 0 Å². The van der Waals surface area contributed by atoms with Crippen molar-refractivity contribution in [1.29, 1.82) is 0 Å². The van der Waals surface area contributed by atoms with Gasteiger partial charge < -0.3 is 15.9 Å². The van der Waals surface area contributed by atoms with Crippen LogP contribution in [-0.2, 0) is 0 Å². The molecule has 9 atom stereocenters. The first-order valence-corrected chi connectivity index (χ1v) is 10.1. The molecule has 0 heterocycles. The lowest BCUT2D eigenvalue weighted by atomic mass is 9.43. The minimum atomic E-state index is -0.598. The Morgan fingerprint density at radius 1 is 1.00 bits per heavy atom. The van der Waals surface area contributed by atoms with Crippen molar-refractivity contribution in [2.75, 3.05) is 0 Å². The van der Waals surface area contributed by atoms with Gasteiger partial charge in [0.05, 0.1) is 12.2 Å². The number of aliphatic hydroxyl groups excluding tert-OH is 2. The Bertz CT molecular complexity index is 546. The van der Waals surface area contributed by atoms with Crippen LogP contribution in [0.5, 0.6) is 0 Å². The SMILES string of the molecule is C/C=C1\CCC2C3C(CC[C@]12C)[C@@]1(C)CC[C@@H](N)CC1[C@@H](O)[C@@H]3O. The summed E-state index contributed by atoms with van der Waals surface area (Å²) in [6, 6.07) is 0.191. The monoisotopic (exact) mass is 333 g/mol. The molecule has 0 aromatic rings. The summed E-state index contributed by atoms with van der Waals surface area (Å²) < 4.78 is 0. The normalized spacial score (nSPS) is 58.9. The lowest BCUT2D eigenvalue weighted by Gasteiger charge is -2.63. The fraction of sp³-hybridized carbons (Fsp3) is 0.905. The van der Waals surface area contributed by atoms with Gasteiger partial charge in [-0.05, 0) is 86.4 Å². The van der Waals surface area contributed by atoms with Gasteiger partial charge in [0.15, 0.2) is 0 Å². The molecule has 4 aliphatic carbocycles. The Labute approximate surface area is 146 Å². The Balaban J connectivity index is 1.73. The highest BCUT2D eigenvalue weighted by atomic mass is 16.3. The predicted molar refractivity (Wildman–Crippen MR) is 96.2 cm³/mol. The Morgan fingerprint density at radius 2 is 1.75 bits per heavy atom. The molecule has 3 nitrogen and oxygen atoms in total. The summed E-state index contributed by atoms with van der Waals surface area (Å²) in [5.74, 6) is 1.50. The van der Waals surface area contributed by atoms with Crippen molar-refractivity contribution in [3.8, 4) is 0 Å². The standard InChI is InChI=1S/C21H35NO2/c1-4-12-5-6-14-17-15(8-10-20(12,14)2)21(3)9-7-13(22)11-16(21)18(23)19(17)24/h4,13-19,23-24H,5-11,22H2,1-3H3/b12-4+/t13-,14?,15?,16?,17?,18-,19-,20-,21-/m1/s1. The molecule has 0 spiro atoms. The molecule has 4 fully saturated rings. The maximum absolute atomic E-state index is 11.1. The van der Waals surface area contributed by atoms with Crippen molar-refractivity contribution >= 4 is 0 Å². The lowest BCUT2D eigenvalue weighted by Crippen LogP contribution is -2.64. The summed E-state index contributed by atoms with van der Waals surface area (Å²) >= 11 is 0. The van der Waals surface area contributed by atoms with Crippen LogP contribution in [0.25, 0.3) is 0 Å². The maximum Gasteiger partial charge on any atom is 0.0836 e. The van der Waals surface area contributed by atoms with Crippen LogP contribution >= 0.6 is 0 Å². The van der Waals surface area contributed by atoms with Gasteiger partial charge in [0.1, 0.15) is 0 Å². The van der Waals surface area contributed by atoms with Crippen LogP contribution in [0.15, 0.2) is 11.6 Å². The molecule has 24 heavy (non-hydrogen) atoms. The molecule has 0 aromatic carbocycles. The zero-order valence-electron chi connectivity index (χ0n) is 15.5. The maximum atomic E-state index is 11.1. The first-order valence-electron chi connectivity index (χ1n) is 10.1. The first-order chi connectivity index (χ1) is 11.3. The van der Waals surface area contributed by atoms with E-state index >= 15 is 0 Å². The molecule has 4 N–H and O–H groups in total. The highest BCUT2D eigenvalue weighted by Gasteiger charge is 2.63. The quantitative estimate of drug-likeness (QED) is 0.596. The molecular formula is C21H35NO2.